The Labute approximate surface area is 123 Å². The van der Waals surface area contributed by atoms with Crippen LogP contribution >= 0.6 is 11.8 Å². The number of hydrogen-bond donors (Lipinski definition) is 1. The van der Waals surface area contributed by atoms with Gasteiger partial charge in [0.1, 0.15) is 5.82 Å². The van der Waals surface area contributed by atoms with Crippen molar-refractivity contribution in [1.29, 1.82) is 0 Å². The van der Waals surface area contributed by atoms with E-state index in [1.807, 2.05) is 18.4 Å². The normalized spacial score (nSPS) is 27.3. The van der Waals surface area contributed by atoms with Crippen LogP contribution in [0.3, 0.4) is 0 Å². The number of carbonyl (C=O) groups is 1. The molecule has 20 heavy (non-hydrogen) atoms. The van der Waals surface area contributed by atoms with Gasteiger partial charge in [-0.15, -0.1) is 11.8 Å². The number of rotatable bonds is 4. The van der Waals surface area contributed by atoms with Crippen LogP contribution in [0.5, 0.6) is 0 Å². The molecule has 1 aromatic rings. The highest BCUT2D eigenvalue weighted by molar-refractivity contribution is 8.01. The van der Waals surface area contributed by atoms with Gasteiger partial charge in [-0.3, -0.25) is 4.79 Å². The average molecular weight is 293 g/mol. The summed E-state index contributed by atoms with van der Waals surface area (Å²) in [5.74, 6) is 0.479. The molecule has 0 unspecified atom stereocenters. The molecule has 0 spiro atoms. The Morgan fingerprint density at radius 3 is 2.60 bits per heavy atom. The van der Waals surface area contributed by atoms with Crippen LogP contribution in [-0.2, 0) is 4.79 Å². The van der Waals surface area contributed by atoms with E-state index in [2.05, 4.69) is 5.32 Å². The molecule has 2 saturated carbocycles. The van der Waals surface area contributed by atoms with E-state index >= 15 is 0 Å². The molecule has 0 radical (unpaired) electrons. The largest absolute Gasteiger partial charge is 0.352 e. The average Bonchev–Trinajstić information content (AvgIpc) is 3.14. The fourth-order valence-corrected chi connectivity index (χ4v) is 3.86. The van der Waals surface area contributed by atoms with Crippen LogP contribution in [0, 0.1) is 5.82 Å². The minimum atomic E-state index is -0.188. The predicted molar refractivity (Wildman–Crippen MR) is 80.4 cm³/mol. The molecule has 0 aromatic heterocycles. The zero-order valence-electron chi connectivity index (χ0n) is 11.7. The van der Waals surface area contributed by atoms with E-state index in [0.29, 0.717) is 5.92 Å². The molecule has 0 heterocycles. The fourth-order valence-electron chi connectivity index (χ4n) is 3.10. The standard InChI is InChI=1S/C16H20FNOS/c1-20-16(8-9-16)15(19)18-14-7-4-12(10-14)11-2-5-13(17)6-3-11/h2-3,5-6,12,14H,4,7-10H2,1H3,(H,18,19)/t12-,14+/m1/s1. The van der Waals surface area contributed by atoms with Crippen LogP contribution < -0.4 is 5.32 Å². The third kappa shape index (κ3) is 2.71. The highest BCUT2D eigenvalue weighted by Gasteiger charge is 2.49. The van der Waals surface area contributed by atoms with Gasteiger partial charge in [0.05, 0.1) is 4.75 Å². The monoisotopic (exact) mass is 293 g/mol. The zero-order valence-corrected chi connectivity index (χ0v) is 12.5. The van der Waals surface area contributed by atoms with E-state index in [4.69, 9.17) is 0 Å². The number of hydrogen-bond acceptors (Lipinski definition) is 2. The summed E-state index contributed by atoms with van der Waals surface area (Å²) < 4.78 is 12.8. The Kier molecular flexibility index (Phi) is 3.76. The predicted octanol–water partition coefficient (Wildman–Crippen LogP) is 3.47. The lowest BCUT2D eigenvalue weighted by Crippen LogP contribution is -2.40. The molecule has 2 fully saturated rings. The van der Waals surface area contributed by atoms with Crippen LogP contribution in [0.2, 0.25) is 0 Å². The molecular formula is C16H20FNOS. The van der Waals surface area contributed by atoms with Gasteiger partial charge in [-0.2, -0.15) is 0 Å². The Morgan fingerprint density at radius 2 is 2.00 bits per heavy atom. The topological polar surface area (TPSA) is 29.1 Å². The van der Waals surface area contributed by atoms with Crippen molar-refractivity contribution in [2.24, 2.45) is 0 Å². The molecule has 3 rings (SSSR count). The number of carbonyl (C=O) groups excluding carboxylic acids is 1. The second-order valence-corrected chi connectivity index (χ2v) is 7.12. The van der Waals surface area contributed by atoms with Gasteiger partial charge in [0.15, 0.2) is 0 Å². The summed E-state index contributed by atoms with van der Waals surface area (Å²) >= 11 is 1.67. The maximum absolute atomic E-state index is 12.9. The Balaban J connectivity index is 1.57. The van der Waals surface area contributed by atoms with Crippen molar-refractivity contribution >= 4 is 17.7 Å². The molecule has 2 nitrogen and oxygen atoms in total. The molecule has 2 aliphatic rings. The van der Waals surface area contributed by atoms with Gasteiger partial charge in [0.25, 0.3) is 0 Å². The van der Waals surface area contributed by atoms with Gasteiger partial charge >= 0.3 is 0 Å². The first kappa shape index (κ1) is 13.9. The van der Waals surface area contributed by atoms with Crippen molar-refractivity contribution in [2.75, 3.05) is 6.26 Å². The first-order valence-corrected chi connectivity index (χ1v) is 8.47. The van der Waals surface area contributed by atoms with E-state index in [-0.39, 0.29) is 22.5 Å². The lowest BCUT2D eigenvalue weighted by molar-refractivity contribution is -0.121. The Morgan fingerprint density at radius 1 is 1.30 bits per heavy atom. The zero-order chi connectivity index (χ0) is 14.2. The first-order valence-electron chi connectivity index (χ1n) is 7.24. The van der Waals surface area contributed by atoms with Gasteiger partial charge < -0.3 is 5.32 Å². The number of halogens is 1. The number of nitrogens with one attached hydrogen (secondary N) is 1. The number of benzene rings is 1. The fraction of sp³-hybridized carbons (Fsp3) is 0.562. The van der Waals surface area contributed by atoms with Crippen molar-refractivity contribution in [1.82, 2.24) is 5.32 Å². The highest BCUT2D eigenvalue weighted by atomic mass is 32.2. The quantitative estimate of drug-likeness (QED) is 0.921. The molecule has 4 heteroatoms. The van der Waals surface area contributed by atoms with Crippen molar-refractivity contribution in [3.05, 3.63) is 35.6 Å². The SMILES string of the molecule is CSC1(C(=O)N[C@H]2CC[C@@H](c3ccc(F)cc3)C2)CC1. The van der Waals surface area contributed by atoms with Gasteiger partial charge in [-0.25, -0.2) is 4.39 Å². The molecule has 0 aliphatic heterocycles. The summed E-state index contributed by atoms with van der Waals surface area (Å²) in [5.41, 5.74) is 1.19. The van der Waals surface area contributed by atoms with Crippen molar-refractivity contribution in [3.63, 3.8) is 0 Å². The Hall–Kier alpha value is -1.03. The van der Waals surface area contributed by atoms with E-state index in [1.54, 1.807) is 11.8 Å². The first-order chi connectivity index (χ1) is 9.63. The van der Waals surface area contributed by atoms with E-state index in [9.17, 15) is 9.18 Å². The maximum atomic E-state index is 12.9. The summed E-state index contributed by atoms with van der Waals surface area (Å²) in [5, 5.41) is 3.21. The second-order valence-electron chi connectivity index (χ2n) is 5.93. The summed E-state index contributed by atoms with van der Waals surface area (Å²) in [6, 6.07) is 7.06. The molecule has 108 valence electrons. The smallest absolute Gasteiger partial charge is 0.236 e. The lowest BCUT2D eigenvalue weighted by atomic mass is 9.97. The highest BCUT2D eigenvalue weighted by Crippen LogP contribution is 2.47. The number of thioether (sulfide) groups is 1. The van der Waals surface area contributed by atoms with Gasteiger partial charge in [0.2, 0.25) is 5.91 Å². The summed E-state index contributed by atoms with van der Waals surface area (Å²) in [6.45, 7) is 0. The summed E-state index contributed by atoms with van der Waals surface area (Å²) in [7, 11) is 0. The lowest BCUT2D eigenvalue weighted by Gasteiger charge is -2.18. The van der Waals surface area contributed by atoms with Crippen LogP contribution in [0.25, 0.3) is 0 Å². The molecule has 0 saturated heterocycles. The van der Waals surface area contributed by atoms with Crippen LogP contribution in [0.4, 0.5) is 4.39 Å². The van der Waals surface area contributed by atoms with Crippen molar-refractivity contribution in [2.45, 2.75) is 48.8 Å². The molecular weight excluding hydrogens is 273 g/mol. The molecule has 1 amide bonds. The van der Waals surface area contributed by atoms with E-state index in [0.717, 1.165) is 32.1 Å². The van der Waals surface area contributed by atoms with Gasteiger partial charge in [-0.1, -0.05) is 12.1 Å². The number of amides is 1. The molecule has 2 aliphatic carbocycles. The van der Waals surface area contributed by atoms with E-state index in [1.165, 1.54) is 17.7 Å². The van der Waals surface area contributed by atoms with Crippen LogP contribution in [0.1, 0.15) is 43.6 Å². The third-order valence-electron chi connectivity index (χ3n) is 4.62. The molecule has 2 atom stereocenters. The second kappa shape index (κ2) is 5.40. The van der Waals surface area contributed by atoms with Crippen molar-refractivity contribution < 1.29 is 9.18 Å². The molecule has 0 bridgehead atoms. The Bertz CT molecular complexity index is 498. The van der Waals surface area contributed by atoms with Crippen LogP contribution in [0.15, 0.2) is 24.3 Å². The van der Waals surface area contributed by atoms with E-state index < -0.39 is 0 Å². The van der Waals surface area contributed by atoms with Gasteiger partial charge in [0, 0.05) is 6.04 Å². The summed E-state index contributed by atoms with van der Waals surface area (Å²) in [4.78, 5) is 12.2. The third-order valence-corrected chi connectivity index (χ3v) is 5.99. The van der Waals surface area contributed by atoms with Crippen molar-refractivity contribution in [3.8, 4) is 0 Å². The van der Waals surface area contributed by atoms with Crippen LogP contribution in [-0.4, -0.2) is 23.0 Å². The molecule has 1 N–H and O–H groups in total. The maximum Gasteiger partial charge on any atom is 0.236 e. The molecule has 1 aromatic carbocycles. The minimum Gasteiger partial charge on any atom is -0.352 e. The minimum absolute atomic E-state index is 0.131. The summed E-state index contributed by atoms with van der Waals surface area (Å²) in [6.07, 6.45) is 7.10. The van der Waals surface area contributed by atoms with Gasteiger partial charge in [-0.05, 0) is 62.0 Å².